The van der Waals surface area contributed by atoms with Crippen molar-refractivity contribution >= 4 is 5.97 Å². The van der Waals surface area contributed by atoms with E-state index in [4.69, 9.17) is 4.74 Å². The van der Waals surface area contributed by atoms with Crippen molar-refractivity contribution in [3.63, 3.8) is 0 Å². The largest absolute Gasteiger partial charge is 0.466 e. The normalized spacial score (nSPS) is 27.6. The lowest BCUT2D eigenvalue weighted by Gasteiger charge is -2.38. The summed E-state index contributed by atoms with van der Waals surface area (Å²) in [6, 6.07) is 0.403. The van der Waals surface area contributed by atoms with Gasteiger partial charge in [0.05, 0.1) is 7.11 Å². The second-order valence-electron chi connectivity index (χ2n) is 4.99. The van der Waals surface area contributed by atoms with Gasteiger partial charge in [-0.2, -0.15) is 0 Å². The lowest BCUT2D eigenvalue weighted by atomic mass is 9.86. The summed E-state index contributed by atoms with van der Waals surface area (Å²) in [6.07, 6.45) is 5.33. The number of piperidine rings is 1. The molecule has 0 radical (unpaired) electrons. The van der Waals surface area contributed by atoms with Gasteiger partial charge in [0, 0.05) is 18.2 Å². The average molecular weight is 238 g/mol. The highest BCUT2D eigenvalue weighted by molar-refractivity contribution is 5.88. The van der Waals surface area contributed by atoms with Gasteiger partial charge < -0.3 is 10.1 Å². The monoisotopic (exact) mass is 238 g/mol. The predicted molar refractivity (Wildman–Crippen MR) is 66.7 cm³/mol. The molecule has 1 atom stereocenters. The lowest BCUT2D eigenvalue weighted by Crippen LogP contribution is -2.44. The third-order valence-electron chi connectivity index (χ3n) is 3.93. The summed E-state index contributed by atoms with van der Waals surface area (Å²) in [6.45, 7) is 3.14. The van der Waals surface area contributed by atoms with E-state index >= 15 is 0 Å². The molecule has 1 fully saturated rings. The van der Waals surface area contributed by atoms with E-state index < -0.39 is 0 Å². The van der Waals surface area contributed by atoms with E-state index in [0.29, 0.717) is 12.0 Å². The van der Waals surface area contributed by atoms with Crippen LogP contribution in [0.4, 0.5) is 0 Å². The molecule has 1 saturated heterocycles. The highest BCUT2D eigenvalue weighted by atomic mass is 16.5. The van der Waals surface area contributed by atoms with E-state index in [0.717, 1.165) is 31.6 Å². The Morgan fingerprint density at radius 3 is 2.82 bits per heavy atom. The Hall–Kier alpha value is -0.870. The van der Waals surface area contributed by atoms with Crippen molar-refractivity contribution in [3.05, 3.63) is 11.6 Å². The second-order valence-corrected chi connectivity index (χ2v) is 4.99. The van der Waals surface area contributed by atoms with Crippen LogP contribution >= 0.6 is 0 Å². The standard InChI is InChI=1S/C13H22N2O2/c1-15-8-5-11(13(16)17-2)9-12(15)10-3-6-14-7-4-10/h9-10,12,14H,3-8H2,1-2H3. The number of nitrogens with one attached hydrogen (secondary N) is 1. The number of esters is 1. The molecule has 2 aliphatic rings. The Morgan fingerprint density at radius 2 is 2.18 bits per heavy atom. The first-order chi connectivity index (χ1) is 8.22. The first kappa shape index (κ1) is 12.6. The fourth-order valence-electron chi connectivity index (χ4n) is 2.85. The number of ether oxygens (including phenoxy) is 1. The van der Waals surface area contributed by atoms with Gasteiger partial charge in [0.1, 0.15) is 0 Å². The maximum Gasteiger partial charge on any atom is 0.333 e. The molecule has 0 bridgehead atoms. The Balaban J connectivity index is 2.09. The van der Waals surface area contributed by atoms with Crippen molar-refractivity contribution in [2.75, 3.05) is 33.8 Å². The van der Waals surface area contributed by atoms with Gasteiger partial charge >= 0.3 is 5.97 Å². The van der Waals surface area contributed by atoms with Crippen LogP contribution in [0.1, 0.15) is 19.3 Å². The minimum Gasteiger partial charge on any atom is -0.466 e. The molecule has 2 rings (SSSR count). The van der Waals surface area contributed by atoms with Gasteiger partial charge in [0.15, 0.2) is 0 Å². The zero-order valence-electron chi connectivity index (χ0n) is 10.7. The van der Waals surface area contributed by atoms with Crippen molar-refractivity contribution in [2.24, 2.45) is 5.92 Å². The molecule has 1 N–H and O–H groups in total. The van der Waals surface area contributed by atoms with Crippen LogP contribution in [0, 0.1) is 5.92 Å². The SMILES string of the molecule is COC(=O)C1=CC(C2CCNCC2)N(C)CC1. The number of likely N-dealkylation sites (N-methyl/N-ethyl adjacent to an activating group) is 1. The molecule has 1 unspecified atom stereocenters. The molecule has 4 nitrogen and oxygen atoms in total. The Bertz CT molecular complexity index is 309. The van der Waals surface area contributed by atoms with Gasteiger partial charge in [0.2, 0.25) is 0 Å². The molecule has 2 aliphatic heterocycles. The Labute approximate surface area is 103 Å². The summed E-state index contributed by atoms with van der Waals surface area (Å²) in [4.78, 5) is 13.9. The molecule has 4 heteroatoms. The average Bonchev–Trinajstić information content (AvgIpc) is 2.39. The summed E-state index contributed by atoms with van der Waals surface area (Å²) in [5.41, 5.74) is 0.856. The molecule has 2 heterocycles. The molecule has 0 amide bonds. The fourth-order valence-corrected chi connectivity index (χ4v) is 2.85. The quantitative estimate of drug-likeness (QED) is 0.722. The van der Waals surface area contributed by atoms with Crippen LogP contribution in [-0.4, -0.2) is 50.7 Å². The van der Waals surface area contributed by atoms with Crippen molar-refractivity contribution in [2.45, 2.75) is 25.3 Å². The molecule has 0 aromatic rings. The van der Waals surface area contributed by atoms with Crippen LogP contribution in [-0.2, 0) is 9.53 Å². The van der Waals surface area contributed by atoms with E-state index in [1.807, 2.05) is 0 Å². The summed E-state index contributed by atoms with van der Waals surface area (Å²) < 4.78 is 4.82. The van der Waals surface area contributed by atoms with E-state index in [1.54, 1.807) is 0 Å². The van der Waals surface area contributed by atoms with Gasteiger partial charge in [-0.3, -0.25) is 4.90 Å². The van der Waals surface area contributed by atoms with Crippen LogP contribution in [0.2, 0.25) is 0 Å². The number of hydrogen-bond acceptors (Lipinski definition) is 4. The summed E-state index contributed by atoms with van der Waals surface area (Å²) >= 11 is 0. The van der Waals surface area contributed by atoms with Crippen molar-refractivity contribution in [1.82, 2.24) is 10.2 Å². The Kier molecular flexibility index (Phi) is 4.18. The highest BCUT2D eigenvalue weighted by Gasteiger charge is 2.29. The minimum atomic E-state index is -0.156. The Morgan fingerprint density at radius 1 is 1.47 bits per heavy atom. The number of rotatable bonds is 2. The van der Waals surface area contributed by atoms with Gasteiger partial charge in [0.25, 0.3) is 0 Å². The lowest BCUT2D eigenvalue weighted by molar-refractivity contribution is -0.136. The molecule has 0 aromatic heterocycles. The predicted octanol–water partition coefficient (Wildman–Crippen LogP) is 0.789. The van der Waals surface area contributed by atoms with Gasteiger partial charge in [-0.1, -0.05) is 6.08 Å². The molecule has 0 aromatic carbocycles. The maximum absolute atomic E-state index is 11.6. The number of carbonyl (C=O) groups is 1. The second kappa shape index (κ2) is 5.65. The number of methoxy groups -OCH3 is 1. The van der Waals surface area contributed by atoms with Crippen molar-refractivity contribution < 1.29 is 9.53 Å². The maximum atomic E-state index is 11.6. The van der Waals surface area contributed by atoms with E-state index in [2.05, 4.69) is 23.3 Å². The topological polar surface area (TPSA) is 41.6 Å². The number of carbonyl (C=O) groups excluding carboxylic acids is 1. The van der Waals surface area contributed by atoms with Gasteiger partial charge in [-0.25, -0.2) is 4.79 Å². The first-order valence-electron chi connectivity index (χ1n) is 6.42. The summed E-state index contributed by atoms with van der Waals surface area (Å²) in [7, 11) is 3.61. The van der Waals surface area contributed by atoms with Crippen LogP contribution in [0.15, 0.2) is 11.6 Å². The molecule has 0 spiro atoms. The first-order valence-corrected chi connectivity index (χ1v) is 6.42. The van der Waals surface area contributed by atoms with Crippen molar-refractivity contribution in [3.8, 4) is 0 Å². The number of nitrogens with zero attached hydrogens (tertiary/aromatic N) is 1. The van der Waals surface area contributed by atoms with Crippen molar-refractivity contribution in [1.29, 1.82) is 0 Å². The van der Waals surface area contributed by atoms with E-state index in [9.17, 15) is 4.79 Å². The van der Waals surface area contributed by atoms with Gasteiger partial charge in [-0.05, 0) is 45.3 Å². The van der Waals surface area contributed by atoms with Crippen LogP contribution in [0.25, 0.3) is 0 Å². The smallest absolute Gasteiger partial charge is 0.333 e. The summed E-state index contributed by atoms with van der Waals surface area (Å²) in [5, 5.41) is 3.38. The zero-order valence-corrected chi connectivity index (χ0v) is 10.7. The molecular formula is C13H22N2O2. The van der Waals surface area contributed by atoms with E-state index in [-0.39, 0.29) is 5.97 Å². The molecular weight excluding hydrogens is 216 g/mol. The highest BCUT2D eigenvalue weighted by Crippen LogP contribution is 2.26. The summed E-state index contributed by atoms with van der Waals surface area (Å²) in [5.74, 6) is 0.512. The van der Waals surface area contributed by atoms with Crippen LogP contribution in [0.5, 0.6) is 0 Å². The van der Waals surface area contributed by atoms with Crippen LogP contribution in [0.3, 0.4) is 0 Å². The molecule has 96 valence electrons. The fraction of sp³-hybridized carbons (Fsp3) is 0.769. The molecule has 0 saturated carbocycles. The molecule has 0 aliphatic carbocycles. The number of hydrogen-bond donors (Lipinski definition) is 1. The minimum absolute atomic E-state index is 0.156. The molecule has 17 heavy (non-hydrogen) atoms. The van der Waals surface area contributed by atoms with E-state index in [1.165, 1.54) is 20.0 Å². The van der Waals surface area contributed by atoms with Crippen LogP contribution < -0.4 is 5.32 Å². The third-order valence-corrected chi connectivity index (χ3v) is 3.93. The third kappa shape index (κ3) is 2.87. The zero-order chi connectivity index (χ0) is 12.3. The van der Waals surface area contributed by atoms with Gasteiger partial charge in [-0.15, -0.1) is 0 Å².